The van der Waals surface area contributed by atoms with E-state index < -0.39 is 0 Å². The summed E-state index contributed by atoms with van der Waals surface area (Å²) in [5, 5.41) is 3.23. The second kappa shape index (κ2) is 6.78. The Morgan fingerprint density at radius 3 is 2.95 bits per heavy atom. The summed E-state index contributed by atoms with van der Waals surface area (Å²) in [6.45, 7) is 0.479. The predicted molar refractivity (Wildman–Crippen MR) is 78.6 cm³/mol. The number of likely N-dealkylation sites (N-methyl/N-ethyl adjacent to an activating group) is 1. The van der Waals surface area contributed by atoms with Crippen molar-refractivity contribution in [1.29, 1.82) is 0 Å². The maximum Gasteiger partial charge on any atom is 0.323 e. The first-order chi connectivity index (χ1) is 10.0. The van der Waals surface area contributed by atoms with Crippen LogP contribution in [0.3, 0.4) is 0 Å². The molecule has 1 N–H and O–H groups in total. The van der Waals surface area contributed by atoms with E-state index in [1.807, 2.05) is 0 Å². The van der Waals surface area contributed by atoms with Gasteiger partial charge in [0.05, 0.1) is 25.9 Å². The molecule has 0 spiro atoms. The number of halogens is 1. The lowest BCUT2D eigenvalue weighted by Crippen LogP contribution is -2.40. The summed E-state index contributed by atoms with van der Waals surface area (Å²) >= 11 is 5.91. The van der Waals surface area contributed by atoms with Crippen molar-refractivity contribution in [2.45, 2.75) is 12.5 Å². The highest BCUT2D eigenvalue weighted by Gasteiger charge is 2.31. The Hall–Kier alpha value is -1.79. The number of hydrogen-bond donors (Lipinski definition) is 1. The first kappa shape index (κ1) is 15.6. The maximum atomic E-state index is 12.1. The van der Waals surface area contributed by atoms with E-state index in [1.54, 1.807) is 30.1 Å². The van der Waals surface area contributed by atoms with Gasteiger partial charge in [0.15, 0.2) is 0 Å². The molecule has 0 bridgehead atoms. The molecule has 0 radical (unpaired) electrons. The minimum Gasteiger partial charge on any atom is -0.495 e. The molecule has 21 heavy (non-hydrogen) atoms. The van der Waals surface area contributed by atoms with Crippen molar-refractivity contribution in [2.75, 3.05) is 32.6 Å². The number of methoxy groups -OCH3 is 1. The van der Waals surface area contributed by atoms with Gasteiger partial charge in [0.1, 0.15) is 11.8 Å². The Balaban J connectivity index is 1.98. The Bertz CT molecular complexity index is 550. The second-order valence-electron chi connectivity index (χ2n) is 4.78. The number of carbonyl (C=O) groups is 2. The van der Waals surface area contributed by atoms with Gasteiger partial charge in [0, 0.05) is 11.4 Å². The van der Waals surface area contributed by atoms with Gasteiger partial charge >= 0.3 is 5.97 Å². The van der Waals surface area contributed by atoms with Crippen LogP contribution in [0.5, 0.6) is 5.75 Å². The summed E-state index contributed by atoms with van der Waals surface area (Å²) in [7, 11) is 3.23. The highest BCUT2D eigenvalue weighted by Crippen LogP contribution is 2.27. The molecule has 114 valence electrons. The summed E-state index contributed by atoms with van der Waals surface area (Å²) in [6.07, 6.45) is 0.600. The van der Waals surface area contributed by atoms with E-state index in [4.69, 9.17) is 21.1 Å². The van der Waals surface area contributed by atoms with E-state index in [2.05, 4.69) is 5.32 Å². The summed E-state index contributed by atoms with van der Waals surface area (Å²) in [5.41, 5.74) is 0.498. The molecule has 1 fully saturated rings. The third-order valence-electron chi connectivity index (χ3n) is 3.27. The van der Waals surface area contributed by atoms with E-state index in [0.717, 1.165) is 0 Å². The van der Waals surface area contributed by atoms with Crippen LogP contribution in [-0.2, 0) is 14.3 Å². The van der Waals surface area contributed by atoms with Crippen LogP contribution in [0, 0.1) is 0 Å². The monoisotopic (exact) mass is 312 g/mol. The zero-order chi connectivity index (χ0) is 15.4. The third kappa shape index (κ3) is 3.86. The van der Waals surface area contributed by atoms with E-state index >= 15 is 0 Å². The number of carbonyl (C=O) groups excluding carboxylic acids is 2. The number of amides is 1. The topological polar surface area (TPSA) is 67.9 Å². The van der Waals surface area contributed by atoms with Crippen molar-refractivity contribution >= 4 is 29.2 Å². The average molecular weight is 313 g/mol. The molecule has 0 aliphatic carbocycles. The van der Waals surface area contributed by atoms with Gasteiger partial charge in [-0.05, 0) is 25.2 Å². The number of esters is 1. The fraction of sp³-hybridized carbons (Fsp3) is 0.429. The van der Waals surface area contributed by atoms with E-state index in [1.165, 1.54) is 7.11 Å². The summed E-state index contributed by atoms with van der Waals surface area (Å²) < 4.78 is 10.1. The Morgan fingerprint density at radius 1 is 1.57 bits per heavy atom. The van der Waals surface area contributed by atoms with E-state index in [9.17, 15) is 9.59 Å². The number of anilines is 1. The molecule has 1 aromatic rings. The molecule has 1 amide bonds. The fourth-order valence-corrected chi connectivity index (χ4v) is 2.36. The minimum absolute atomic E-state index is 0.0788. The van der Waals surface area contributed by atoms with Crippen molar-refractivity contribution in [3.05, 3.63) is 23.2 Å². The number of nitrogens with one attached hydrogen (secondary N) is 1. The molecule has 1 saturated heterocycles. The standard InChI is InChI=1S/C14H17ClN2O4/c1-17(11-5-6-21-14(11)19)8-13(18)16-10-7-9(15)3-4-12(10)20-2/h3-4,7,11H,5-6,8H2,1-2H3,(H,16,18). The smallest absolute Gasteiger partial charge is 0.323 e. The molecule has 1 unspecified atom stereocenters. The van der Waals surface area contributed by atoms with Gasteiger partial charge in [-0.3, -0.25) is 14.5 Å². The lowest BCUT2D eigenvalue weighted by Gasteiger charge is -2.20. The molecule has 1 atom stereocenters. The van der Waals surface area contributed by atoms with Gasteiger partial charge in [-0.25, -0.2) is 0 Å². The summed E-state index contributed by atoms with van der Waals surface area (Å²) in [5.74, 6) is -0.0147. The largest absolute Gasteiger partial charge is 0.495 e. The number of cyclic esters (lactones) is 1. The van der Waals surface area contributed by atoms with Crippen molar-refractivity contribution in [2.24, 2.45) is 0 Å². The zero-order valence-corrected chi connectivity index (χ0v) is 12.6. The van der Waals surface area contributed by atoms with Crippen LogP contribution in [-0.4, -0.2) is 50.1 Å². The number of benzene rings is 1. The predicted octanol–water partition coefficient (Wildman–Crippen LogP) is 1.53. The van der Waals surface area contributed by atoms with Crippen molar-refractivity contribution in [3.8, 4) is 5.75 Å². The van der Waals surface area contributed by atoms with Gasteiger partial charge < -0.3 is 14.8 Å². The SMILES string of the molecule is COc1ccc(Cl)cc1NC(=O)CN(C)C1CCOC1=O. The number of hydrogen-bond acceptors (Lipinski definition) is 5. The van der Waals surface area contributed by atoms with Gasteiger partial charge in [-0.15, -0.1) is 0 Å². The highest BCUT2D eigenvalue weighted by atomic mass is 35.5. The molecule has 2 rings (SSSR count). The number of rotatable bonds is 5. The molecule has 0 aromatic heterocycles. The molecule has 0 saturated carbocycles. The van der Waals surface area contributed by atoms with Gasteiger partial charge in [0.2, 0.25) is 5.91 Å². The quantitative estimate of drug-likeness (QED) is 0.835. The molecule has 1 heterocycles. The van der Waals surface area contributed by atoms with Crippen LogP contribution in [0.25, 0.3) is 0 Å². The maximum absolute atomic E-state index is 12.1. The van der Waals surface area contributed by atoms with Crippen LogP contribution in [0.4, 0.5) is 5.69 Å². The fourth-order valence-electron chi connectivity index (χ4n) is 2.19. The average Bonchev–Trinajstić information content (AvgIpc) is 2.85. The summed E-state index contributed by atoms with van der Waals surface area (Å²) in [4.78, 5) is 25.2. The van der Waals surface area contributed by atoms with Crippen LogP contribution in [0.1, 0.15) is 6.42 Å². The van der Waals surface area contributed by atoms with Crippen LogP contribution in [0.2, 0.25) is 5.02 Å². The van der Waals surface area contributed by atoms with E-state index in [-0.39, 0.29) is 24.5 Å². The number of ether oxygens (including phenoxy) is 2. The second-order valence-corrected chi connectivity index (χ2v) is 5.22. The molecule has 1 aromatic carbocycles. The van der Waals surface area contributed by atoms with Gasteiger partial charge in [-0.2, -0.15) is 0 Å². The normalized spacial score (nSPS) is 17.7. The molecule has 6 nitrogen and oxygen atoms in total. The van der Waals surface area contributed by atoms with Crippen molar-refractivity contribution < 1.29 is 19.1 Å². The van der Waals surface area contributed by atoms with E-state index in [0.29, 0.717) is 29.5 Å². The van der Waals surface area contributed by atoms with Gasteiger partial charge in [0.25, 0.3) is 0 Å². The lowest BCUT2D eigenvalue weighted by atomic mass is 10.2. The molecule has 7 heteroatoms. The van der Waals surface area contributed by atoms with Gasteiger partial charge in [-0.1, -0.05) is 11.6 Å². The van der Waals surface area contributed by atoms with Crippen LogP contribution in [0.15, 0.2) is 18.2 Å². The highest BCUT2D eigenvalue weighted by molar-refractivity contribution is 6.31. The number of nitrogens with zero attached hydrogens (tertiary/aromatic N) is 1. The molecule has 1 aliphatic heterocycles. The minimum atomic E-state index is -0.364. The lowest BCUT2D eigenvalue weighted by molar-refractivity contribution is -0.142. The third-order valence-corrected chi connectivity index (χ3v) is 3.50. The van der Waals surface area contributed by atoms with Crippen molar-refractivity contribution in [3.63, 3.8) is 0 Å². The molecular weight excluding hydrogens is 296 g/mol. The first-order valence-corrected chi connectivity index (χ1v) is 6.89. The Labute approximate surface area is 128 Å². The Morgan fingerprint density at radius 2 is 2.33 bits per heavy atom. The van der Waals surface area contributed by atoms with Crippen molar-refractivity contribution in [1.82, 2.24) is 4.90 Å². The zero-order valence-electron chi connectivity index (χ0n) is 11.9. The first-order valence-electron chi connectivity index (χ1n) is 6.51. The summed E-state index contributed by atoms with van der Waals surface area (Å²) in [6, 6.07) is 4.60. The van der Waals surface area contributed by atoms with Crippen LogP contribution >= 0.6 is 11.6 Å². The molecular formula is C14H17ClN2O4. The van der Waals surface area contributed by atoms with Crippen LogP contribution < -0.4 is 10.1 Å². The molecule has 1 aliphatic rings. The Kier molecular flexibility index (Phi) is 5.03.